The van der Waals surface area contributed by atoms with Crippen LogP contribution in [0.2, 0.25) is 0 Å². The molecule has 4 heterocycles. The quantitative estimate of drug-likeness (QED) is 0.483. The van der Waals surface area contributed by atoms with Gasteiger partial charge in [0.15, 0.2) is 0 Å². The maximum Gasteiger partial charge on any atom is 0.233 e. The van der Waals surface area contributed by atoms with Gasteiger partial charge in [-0.05, 0) is 68.5 Å². The van der Waals surface area contributed by atoms with Gasteiger partial charge in [0.2, 0.25) is 5.91 Å². The molecule has 6 rings (SSSR count). The Morgan fingerprint density at radius 1 is 1.27 bits per heavy atom. The normalized spacial score (nSPS) is 30.2. The lowest BCUT2D eigenvalue weighted by Gasteiger charge is -2.58. The molecule has 6 heteroatoms. The zero-order chi connectivity index (χ0) is 22.8. The molecule has 1 aromatic heterocycles. The molecule has 180 valence electrons. The smallest absolute Gasteiger partial charge is 0.233 e. The second-order valence-corrected chi connectivity index (χ2v) is 10.5. The lowest BCUT2D eigenvalue weighted by atomic mass is 9.56. The van der Waals surface area contributed by atoms with Gasteiger partial charge in [-0.3, -0.25) is 9.69 Å². The second kappa shape index (κ2) is 9.77. The Kier molecular flexibility index (Phi) is 6.77. The van der Waals surface area contributed by atoms with E-state index in [0.717, 1.165) is 77.7 Å². The van der Waals surface area contributed by atoms with Crippen LogP contribution < -0.4 is 11.1 Å². The monoisotopic (exact) mass is 452 g/mol. The van der Waals surface area contributed by atoms with E-state index in [1.165, 1.54) is 28.6 Å². The first-order chi connectivity index (χ1) is 16.2. The highest BCUT2D eigenvalue weighted by Crippen LogP contribution is 2.55. The topological polar surface area (TPSA) is 83.4 Å². The molecule has 0 spiro atoms. The van der Waals surface area contributed by atoms with Crippen LogP contribution in [0, 0.1) is 11.8 Å². The summed E-state index contributed by atoms with van der Waals surface area (Å²) in [4.78, 5) is 20.6. The predicted molar refractivity (Wildman–Crippen MR) is 132 cm³/mol. The third-order valence-corrected chi connectivity index (χ3v) is 8.51. The number of nitrogens with two attached hydrogens (primary N) is 1. The minimum Gasteiger partial charge on any atom is -0.385 e. The van der Waals surface area contributed by atoms with Crippen LogP contribution >= 0.6 is 0 Å². The number of rotatable bonds is 10. The van der Waals surface area contributed by atoms with Crippen molar-refractivity contribution in [1.29, 1.82) is 0 Å². The number of nitrogens with zero attached hydrogens (tertiary/aromatic N) is 1. The first-order valence-corrected chi connectivity index (χ1v) is 13.0. The predicted octanol–water partition coefficient (Wildman–Crippen LogP) is 3.34. The third-order valence-electron chi connectivity index (χ3n) is 8.51. The van der Waals surface area contributed by atoms with E-state index in [0.29, 0.717) is 11.8 Å². The minimum atomic E-state index is -0.498. The minimum absolute atomic E-state index is 0.234. The van der Waals surface area contributed by atoms with Crippen molar-refractivity contribution in [2.45, 2.75) is 62.8 Å². The van der Waals surface area contributed by atoms with Gasteiger partial charge >= 0.3 is 0 Å². The number of carbonyl (C=O) groups is 1. The summed E-state index contributed by atoms with van der Waals surface area (Å²) in [6.07, 6.45) is 8.55. The van der Waals surface area contributed by atoms with Crippen LogP contribution in [0.25, 0.3) is 10.9 Å². The van der Waals surface area contributed by atoms with Gasteiger partial charge in [-0.1, -0.05) is 31.0 Å². The summed E-state index contributed by atoms with van der Waals surface area (Å²) in [5, 5.41) is 4.69. The highest BCUT2D eigenvalue weighted by molar-refractivity contribution is 5.94. The van der Waals surface area contributed by atoms with Crippen LogP contribution in [0.1, 0.15) is 56.2 Å². The highest BCUT2D eigenvalue weighted by atomic mass is 16.5. The summed E-state index contributed by atoms with van der Waals surface area (Å²) in [7, 11) is 1.79. The fourth-order valence-electron chi connectivity index (χ4n) is 7.26. The number of hydrogen-bond donors (Lipinski definition) is 3. The van der Waals surface area contributed by atoms with E-state index in [9.17, 15) is 4.79 Å². The van der Waals surface area contributed by atoms with Crippen molar-refractivity contribution in [3.8, 4) is 0 Å². The Morgan fingerprint density at radius 2 is 2.12 bits per heavy atom. The molecule has 2 saturated heterocycles. The van der Waals surface area contributed by atoms with Crippen molar-refractivity contribution < 1.29 is 9.53 Å². The molecule has 1 aromatic carbocycles. The maximum atomic E-state index is 14.2. The summed E-state index contributed by atoms with van der Waals surface area (Å²) in [6.45, 7) is 4.43. The summed E-state index contributed by atoms with van der Waals surface area (Å²) in [5.74, 6) is 1.28. The van der Waals surface area contributed by atoms with Crippen LogP contribution in [0.15, 0.2) is 24.3 Å². The van der Waals surface area contributed by atoms with Crippen LogP contribution in [0.3, 0.4) is 0 Å². The van der Waals surface area contributed by atoms with Gasteiger partial charge in [-0.25, -0.2) is 0 Å². The van der Waals surface area contributed by atoms with E-state index in [2.05, 4.69) is 39.5 Å². The first kappa shape index (κ1) is 22.9. The molecule has 33 heavy (non-hydrogen) atoms. The van der Waals surface area contributed by atoms with Crippen molar-refractivity contribution in [2.24, 2.45) is 17.6 Å². The fourth-order valence-corrected chi connectivity index (χ4v) is 7.26. The van der Waals surface area contributed by atoms with Crippen molar-refractivity contribution in [2.75, 3.05) is 39.9 Å². The number of fused-ring (bicyclic) bond motifs is 4. The number of para-hydroxylation sites is 1. The standard InChI is InChI=1S/C27H40N4O2/c1-33-15-11-20-16-19-17-27(26(32)29-13-7-3-2-6-12-28)24-22(10-14-31(18-19)25(20)27)21-8-4-5-9-23(21)30-24/h4-5,8-9,19-20,25,30H,2-3,6-7,10-18,28H2,1H3,(H,29,32)/t19-,20+,25+,27-/m1/s1. The van der Waals surface area contributed by atoms with Crippen molar-refractivity contribution in [1.82, 2.24) is 15.2 Å². The van der Waals surface area contributed by atoms with Gasteiger partial charge in [0.05, 0.1) is 0 Å². The van der Waals surface area contributed by atoms with Gasteiger partial charge in [0.25, 0.3) is 0 Å². The lowest BCUT2D eigenvalue weighted by Crippen LogP contribution is -2.69. The number of piperidine rings is 2. The molecule has 4 aliphatic rings. The van der Waals surface area contributed by atoms with E-state index in [-0.39, 0.29) is 11.9 Å². The maximum absolute atomic E-state index is 14.2. The Labute approximate surface area is 197 Å². The molecule has 2 aromatic rings. The number of aromatic nitrogens is 1. The second-order valence-electron chi connectivity index (χ2n) is 10.5. The number of methoxy groups -OCH3 is 1. The molecule has 1 amide bonds. The molecule has 3 aliphatic heterocycles. The van der Waals surface area contributed by atoms with Gasteiger partial charge in [-0.2, -0.15) is 0 Å². The Balaban J connectivity index is 1.51. The van der Waals surface area contributed by atoms with Crippen molar-refractivity contribution in [3.05, 3.63) is 35.5 Å². The first-order valence-electron chi connectivity index (χ1n) is 13.0. The molecule has 1 saturated carbocycles. The van der Waals surface area contributed by atoms with Crippen LogP contribution in [0.4, 0.5) is 0 Å². The molecule has 1 unspecified atom stereocenters. The van der Waals surface area contributed by atoms with E-state index in [1.54, 1.807) is 7.11 Å². The van der Waals surface area contributed by atoms with Gasteiger partial charge in [0, 0.05) is 56.0 Å². The van der Waals surface area contributed by atoms with Crippen LogP contribution in [-0.2, 0) is 21.4 Å². The van der Waals surface area contributed by atoms with Gasteiger partial charge in [0.1, 0.15) is 5.41 Å². The SMILES string of the molecule is COCC[C@H]1C[C@H]2CN3CCc4c([nH]c5ccccc45)[C@](C(=O)NCCCCCCN)(C2)[C@H]13. The molecule has 4 N–H and O–H groups in total. The molecule has 5 atom stereocenters. The number of aromatic amines is 1. The molecule has 3 fully saturated rings. The number of ether oxygens (including phenoxy) is 1. The van der Waals surface area contributed by atoms with Crippen molar-refractivity contribution >= 4 is 16.8 Å². The van der Waals surface area contributed by atoms with Crippen molar-refractivity contribution in [3.63, 3.8) is 0 Å². The van der Waals surface area contributed by atoms with E-state index >= 15 is 0 Å². The number of carbonyl (C=O) groups excluding carboxylic acids is 1. The Hall–Kier alpha value is -1.89. The largest absolute Gasteiger partial charge is 0.385 e. The Bertz CT molecular complexity index is 972. The number of unbranched alkanes of at least 4 members (excludes halogenated alkanes) is 3. The van der Waals surface area contributed by atoms with Crippen LogP contribution in [0.5, 0.6) is 0 Å². The fraction of sp³-hybridized carbons (Fsp3) is 0.667. The number of H-pyrrole nitrogens is 1. The van der Waals surface area contributed by atoms with E-state index < -0.39 is 5.41 Å². The highest BCUT2D eigenvalue weighted by Gasteiger charge is 2.62. The zero-order valence-electron chi connectivity index (χ0n) is 20.1. The number of hydrogen-bond acceptors (Lipinski definition) is 4. The average molecular weight is 453 g/mol. The summed E-state index contributed by atoms with van der Waals surface area (Å²) in [5.41, 5.74) is 8.86. The van der Waals surface area contributed by atoms with E-state index in [4.69, 9.17) is 10.5 Å². The molecule has 0 radical (unpaired) electrons. The van der Waals surface area contributed by atoms with Crippen LogP contribution in [-0.4, -0.2) is 61.7 Å². The number of amides is 1. The number of nitrogens with one attached hydrogen (secondary N) is 2. The molecule has 6 nitrogen and oxygen atoms in total. The molecular weight excluding hydrogens is 412 g/mol. The summed E-state index contributed by atoms with van der Waals surface area (Å²) in [6, 6.07) is 8.83. The van der Waals surface area contributed by atoms with Gasteiger partial charge < -0.3 is 20.8 Å². The number of benzene rings is 1. The molecule has 1 aliphatic carbocycles. The van der Waals surface area contributed by atoms with Gasteiger partial charge in [-0.15, -0.1) is 0 Å². The summed E-state index contributed by atoms with van der Waals surface area (Å²) >= 11 is 0. The average Bonchev–Trinajstić information content (AvgIpc) is 3.18. The summed E-state index contributed by atoms with van der Waals surface area (Å²) < 4.78 is 5.49. The molecule has 4 bridgehead atoms. The van der Waals surface area contributed by atoms with E-state index in [1.807, 2.05) is 0 Å². The third kappa shape index (κ3) is 4.00. The Morgan fingerprint density at radius 3 is 2.97 bits per heavy atom. The zero-order valence-corrected chi connectivity index (χ0v) is 20.1. The molecular formula is C27H40N4O2. The lowest BCUT2D eigenvalue weighted by molar-refractivity contribution is -0.141.